The second-order valence-electron chi connectivity index (χ2n) is 3.08. The summed E-state index contributed by atoms with van der Waals surface area (Å²) in [7, 11) is 0. The fourth-order valence-electron chi connectivity index (χ4n) is 1.16. The number of Topliss-reactive ketones (excluding diaryl/α,β-unsaturated/α-hetero) is 1. The number of carbonyl (C=O) groups excluding carboxylic acids is 1. The fourth-order valence-corrected chi connectivity index (χ4v) is 1.48. The van der Waals surface area contributed by atoms with Gasteiger partial charge in [-0.15, -0.1) is 11.6 Å². The molecule has 0 saturated heterocycles. The van der Waals surface area contributed by atoms with Crippen molar-refractivity contribution in [3.8, 4) is 0 Å². The number of halogens is 2. The van der Waals surface area contributed by atoms with E-state index in [2.05, 4.69) is 0 Å². The first kappa shape index (κ1) is 11.5. The van der Waals surface area contributed by atoms with Gasteiger partial charge in [0.05, 0.1) is 0 Å². The lowest BCUT2D eigenvalue weighted by atomic mass is 10.1. The first-order valence-electron chi connectivity index (χ1n) is 4.59. The molecule has 0 aliphatic heterocycles. The average molecular weight is 231 g/mol. The third-order valence-electron chi connectivity index (χ3n) is 1.95. The Labute approximate surface area is 94.0 Å². The van der Waals surface area contributed by atoms with E-state index < -0.39 is 0 Å². The second kappa shape index (κ2) is 6.05. The number of benzene rings is 1. The predicted molar refractivity (Wildman–Crippen MR) is 60.4 cm³/mol. The first-order valence-corrected chi connectivity index (χ1v) is 5.50. The Kier molecular flexibility index (Phi) is 4.99. The number of ketones is 1. The normalized spacial score (nSPS) is 10.1. The second-order valence-corrected chi connectivity index (χ2v) is 3.89. The van der Waals surface area contributed by atoms with Crippen molar-refractivity contribution < 1.29 is 4.79 Å². The fraction of sp³-hybridized carbons (Fsp3) is 0.364. The zero-order valence-corrected chi connectivity index (χ0v) is 9.31. The summed E-state index contributed by atoms with van der Waals surface area (Å²) in [6.07, 6.45) is 2.31. The molecule has 76 valence electrons. The minimum absolute atomic E-state index is 0.159. The van der Waals surface area contributed by atoms with Crippen molar-refractivity contribution >= 4 is 29.0 Å². The van der Waals surface area contributed by atoms with E-state index in [1.807, 2.05) is 0 Å². The Bertz CT molecular complexity index is 293. The van der Waals surface area contributed by atoms with Crippen LogP contribution in [0.1, 0.15) is 29.6 Å². The van der Waals surface area contributed by atoms with Crippen LogP contribution in [0, 0.1) is 0 Å². The SMILES string of the molecule is O=C(CCCCCl)c1ccc(Cl)cc1. The van der Waals surface area contributed by atoms with Crippen molar-refractivity contribution in [2.75, 3.05) is 5.88 Å². The maximum absolute atomic E-state index is 11.5. The zero-order valence-electron chi connectivity index (χ0n) is 7.80. The summed E-state index contributed by atoms with van der Waals surface area (Å²) >= 11 is 11.2. The molecule has 0 radical (unpaired) electrons. The van der Waals surface area contributed by atoms with E-state index in [-0.39, 0.29) is 5.78 Å². The highest BCUT2D eigenvalue weighted by atomic mass is 35.5. The maximum Gasteiger partial charge on any atom is 0.162 e. The smallest absolute Gasteiger partial charge is 0.162 e. The minimum Gasteiger partial charge on any atom is -0.294 e. The third kappa shape index (κ3) is 3.69. The van der Waals surface area contributed by atoms with Crippen molar-refractivity contribution in [3.63, 3.8) is 0 Å². The highest BCUT2D eigenvalue weighted by molar-refractivity contribution is 6.30. The van der Waals surface area contributed by atoms with E-state index in [0.717, 1.165) is 18.4 Å². The minimum atomic E-state index is 0.159. The van der Waals surface area contributed by atoms with Crippen LogP contribution in [0.4, 0.5) is 0 Å². The Morgan fingerprint density at radius 3 is 2.36 bits per heavy atom. The summed E-state index contributed by atoms with van der Waals surface area (Å²) in [5.74, 6) is 0.778. The molecule has 0 amide bonds. The van der Waals surface area contributed by atoms with Gasteiger partial charge in [-0.05, 0) is 37.1 Å². The molecule has 0 aliphatic carbocycles. The topological polar surface area (TPSA) is 17.1 Å². The summed E-state index contributed by atoms with van der Waals surface area (Å²) in [6.45, 7) is 0. The van der Waals surface area contributed by atoms with Gasteiger partial charge in [0.25, 0.3) is 0 Å². The van der Waals surface area contributed by atoms with E-state index >= 15 is 0 Å². The summed E-state index contributed by atoms with van der Waals surface area (Å²) in [6, 6.07) is 6.98. The number of hydrogen-bond acceptors (Lipinski definition) is 1. The summed E-state index contributed by atoms with van der Waals surface area (Å²) in [4.78, 5) is 11.5. The molecule has 0 aromatic heterocycles. The predicted octanol–water partition coefficient (Wildman–Crippen LogP) is 3.93. The Morgan fingerprint density at radius 1 is 1.14 bits per heavy atom. The lowest BCUT2D eigenvalue weighted by Gasteiger charge is -1.99. The van der Waals surface area contributed by atoms with E-state index in [0.29, 0.717) is 17.3 Å². The molecule has 0 N–H and O–H groups in total. The van der Waals surface area contributed by atoms with Crippen LogP contribution < -0.4 is 0 Å². The quantitative estimate of drug-likeness (QED) is 0.426. The standard InChI is InChI=1S/C11H12Cl2O/c12-8-2-1-3-11(14)9-4-6-10(13)7-5-9/h4-7H,1-3,8H2. The summed E-state index contributed by atoms with van der Waals surface area (Å²) in [5.41, 5.74) is 0.726. The van der Waals surface area contributed by atoms with Crippen molar-refractivity contribution in [2.24, 2.45) is 0 Å². The van der Waals surface area contributed by atoms with E-state index in [1.165, 1.54) is 0 Å². The van der Waals surface area contributed by atoms with Crippen LogP contribution in [0.2, 0.25) is 5.02 Å². The van der Waals surface area contributed by atoms with E-state index in [1.54, 1.807) is 24.3 Å². The van der Waals surface area contributed by atoms with Crippen LogP contribution >= 0.6 is 23.2 Å². The van der Waals surface area contributed by atoms with Gasteiger partial charge in [0.1, 0.15) is 0 Å². The molecule has 1 rings (SSSR count). The Hall–Kier alpha value is -0.530. The van der Waals surface area contributed by atoms with Crippen molar-refractivity contribution in [1.29, 1.82) is 0 Å². The van der Waals surface area contributed by atoms with Crippen molar-refractivity contribution in [2.45, 2.75) is 19.3 Å². The first-order chi connectivity index (χ1) is 6.74. The van der Waals surface area contributed by atoms with Crippen LogP contribution in [0.25, 0.3) is 0 Å². The molecule has 3 heteroatoms. The van der Waals surface area contributed by atoms with Crippen molar-refractivity contribution in [3.05, 3.63) is 34.9 Å². The van der Waals surface area contributed by atoms with Crippen molar-refractivity contribution in [1.82, 2.24) is 0 Å². The average Bonchev–Trinajstić information content (AvgIpc) is 2.19. The lowest BCUT2D eigenvalue weighted by Crippen LogP contribution is -1.98. The zero-order chi connectivity index (χ0) is 10.4. The molecule has 1 aromatic rings. The molecule has 1 aromatic carbocycles. The van der Waals surface area contributed by atoms with E-state index in [9.17, 15) is 4.79 Å². The highest BCUT2D eigenvalue weighted by Crippen LogP contribution is 2.12. The molecule has 14 heavy (non-hydrogen) atoms. The Balaban J connectivity index is 2.48. The molecule has 0 heterocycles. The highest BCUT2D eigenvalue weighted by Gasteiger charge is 2.04. The number of alkyl halides is 1. The third-order valence-corrected chi connectivity index (χ3v) is 2.47. The molecular formula is C11H12Cl2O. The molecule has 0 saturated carbocycles. The molecule has 0 spiro atoms. The van der Waals surface area contributed by atoms with Gasteiger partial charge in [0.2, 0.25) is 0 Å². The van der Waals surface area contributed by atoms with Crippen LogP contribution in [-0.2, 0) is 0 Å². The molecule has 0 atom stereocenters. The molecular weight excluding hydrogens is 219 g/mol. The van der Waals surface area contributed by atoms with Gasteiger partial charge in [-0.1, -0.05) is 11.6 Å². The van der Waals surface area contributed by atoms with Gasteiger partial charge in [0.15, 0.2) is 5.78 Å². The number of unbranched alkanes of at least 4 members (excludes halogenated alkanes) is 1. The van der Waals surface area contributed by atoms with Crippen LogP contribution in [-0.4, -0.2) is 11.7 Å². The van der Waals surface area contributed by atoms with Crippen LogP contribution in [0.3, 0.4) is 0 Å². The molecule has 0 fully saturated rings. The van der Waals surface area contributed by atoms with Gasteiger partial charge in [-0.2, -0.15) is 0 Å². The van der Waals surface area contributed by atoms with Gasteiger partial charge in [-0.25, -0.2) is 0 Å². The van der Waals surface area contributed by atoms with Gasteiger partial charge >= 0.3 is 0 Å². The van der Waals surface area contributed by atoms with Gasteiger partial charge in [-0.3, -0.25) is 4.79 Å². The molecule has 0 aliphatic rings. The number of rotatable bonds is 5. The van der Waals surface area contributed by atoms with Crippen LogP contribution in [0.5, 0.6) is 0 Å². The number of carbonyl (C=O) groups is 1. The van der Waals surface area contributed by atoms with Gasteiger partial charge < -0.3 is 0 Å². The maximum atomic E-state index is 11.5. The Morgan fingerprint density at radius 2 is 1.79 bits per heavy atom. The molecule has 1 nitrogen and oxygen atoms in total. The summed E-state index contributed by atoms with van der Waals surface area (Å²) < 4.78 is 0. The summed E-state index contributed by atoms with van der Waals surface area (Å²) in [5, 5.41) is 0.655. The van der Waals surface area contributed by atoms with Crippen LogP contribution in [0.15, 0.2) is 24.3 Å². The number of hydrogen-bond donors (Lipinski definition) is 0. The van der Waals surface area contributed by atoms with E-state index in [4.69, 9.17) is 23.2 Å². The molecule has 0 bridgehead atoms. The van der Waals surface area contributed by atoms with Gasteiger partial charge in [0, 0.05) is 22.9 Å². The molecule has 0 unspecified atom stereocenters. The monoisotopic (exact) mass is 230 g/mol. The largest absolute Gasteiger partial charge is 0.294 e. The lowest BCUT2D eigenvalue weighted by molar-refractivity contribution is 0.0980.